The first-order valence-corrected chi connectivity index (χ1v) is 9.25. The number of nitrogens with one attached hydrogen (secondary N) is 1. The maximum Gasteiger partial charge on any atom is 0.226 e. The lowest BCUT2D eigenvalue weighted by Gasteiger charge is -2.17. The summed E-state index contributed by atoms with van der Waals surface area (Å²) in [6.45, 7) is 1.24. The fourth-order valence-electron chi connectivity index (χ4n) is 3.26. The van der Waals surface area contributed by atoms with Gasteiger partial charge < -0.3 is 10.2 Å². The molecule has 2 aromatic rings. The van der Waals surface area contributed by atoms with E-state index >= 15 is 0 Å². The first-order valence-electron chi connectivity index (χ1n) is 9.25. The topological polar surface area (TPSA) is 49.4 Å². The molecule has 1 N–H and O–H groups in total. The summed E-state index contributed by atoms with van der Waals surface area (Å²) in [4.78, 5) is 26.4. The molecule has 1 aliphatic rings. The number of amides is 2. The van der Waals surface area contributed by atoms with Gasteiger partial charge in [-0.3, -0.25) is 9.59 Å². The molecule has 0 heterocycles. The molecule has 4 heteroatoms. The van der Waals surface area contributed by atoms with Gasteiger partial charge in [0.05, 0.1) is 11.8 Å². The molecule has 0 spiro atoms. The molecule has 2 amide bonds. The molecule has 136 valence electrons. The Labute approximate surface area is 155 Å². The van der Waals surface area contributed by atoms with Gasteiger partial charge in [0.25, 0.3) is 0 Å². The van der Waals surface area contributed by atoms with E-state index < -0.39 is 0 Å². The van der Waals surface area contributed by atoms with Crippen molar-refractivity contribution in [3.8, 4) is 0 Å². The molecular formula is C22H26N2O2. The Hall–Kier alpha value is -2.62. The number of carbonyl (C=O) groups excluding carboxylic acids is 2. The van der Waals surface area contributed by atoms with Crippen LogP contribution in [0.25, 0.3) is 0 Å². The van der Waals surface area contributed by atoms with Gasteiger partial charge in [0.15, 0.2) is 0 Å². The highest BCUT2D eigenvalue weighted by molar-refractivity contribution is 5.92. The summed E-state index contributed by atoms with van der Waals surface area (Å²) in [5.41, 5.74) is 2.38. The van der Waals surface area contributed by atoms with Crippen molar-refractivity contribution in [3.63, 3.8) is 0 Å². The van der Waals surface area contributed by atoms with E-state index in [0.29, 0.717) is 19.5 Å². The van der Waals surface area contributed by atoms with Crippen molar-refractivity contribution < 1.29 is 9.59 Å². The van der Waals surface area contributed by atoms with Crippen LogP contribution in [0.15, 0.2) is 60.7 Å². The van der Waals surface area contributed by atoms with Crippen LogP contribution in [0, 0.1) is 11.8 Å². The van der Waals surface area contributed by atoms with Gasteiger partial charge in [0.2, 0.25) is 11.8 Å². The summed E-state index contributed by atoms with van der Waals surface area (Å²) in [5.74, 6) is -0.224. The fourth-order valence-corrected chi connectivity index (χ4v) is 3.26. The van der Waals surface area contributed by atoms with Crippen molar-refractivity contribution in [2.75, 3.05) is 13.6 Å². The molecule has 1 aliphatic carbocycles. The molecule has 3 rings (SSSR count). The standard InChI is InChI=1S/C22H26N2O2/c1-24(16-18-11-6-3-7-12-18)22(26)20-15-19(20)21(25)23-14-8-13-17-9-4-2-5-10-17/h2-7,9-12,19-20H,8,13-16H2,1H3,(H,23,25). The fraction of sp³-hybridized carbons (Fsp3) is 0.364. The van der Waals surface area contributed by atoms with Gasteiger partial charge in [-0.25, -0.2) is 0 Å². The largest absolute Gasteiger partial charge is 0.356 e. The molecule has 26 heavy (non-hydrogen) atoms. The smallest absolute Gasteiger partial charge is 0.226 e. The summed E-state index contributed by atoms with van der Waals surface area (Å²) >= 11 is 0. The van der Waals surface area contributed by atoms with Crippen LogP contribution in [0.4, 0.5) is 0 Å². The van der Waals surface area contributed by atoms with E-state index in [4.69, 9.17) is 0 Å². The Kier molecular flexibility index (Phi) is 6.05. The summed E-state index contributed by atoms with van der Waals surface area (Å²) in [6.07, 6.45) is 2.53. The van der Waals surface area contributed by atoms with Crippen molar-refractivity contribution >= 4 is 11.8 Å². The van der Waals surface area contributed by atoms with Crippen molar-refractivity contribution in [3.05, 3.63) is 71.8 Å². The average Bonchev–Trinajstić information content (AvgIpc) is 3.47. The maximum atomic E-state index is 12.5. The molecule has 4 nitrogen and oxygen atoms in total. The SMILES string of the molecule is CN(Cc1ccccc1)C(=O)C1CC1C(=O)NCCCc1ccccc1. The van der Waals surface area contributed by atoms with Gasteiger partial charge in [-0.1, -0.05) is 60.7 Å². The molecule has 2 aromatic carbocycles. The monoisotopic (exact) mass is 350 g/mol. The number of nitrogens with zero attached hydrogens (tertiary/aromatic N) is 1. The number of carbonyl (C=O) groups is 2. The lowest BCUT2D eigenvalue weighted by atomic mass is 10.1. The predicted molar refractivity (Wildman–Crippen MR) is 102 cm³/mol. The lowest BCUT2D eigenvalue weighted by molar-refractivity contribution is -0.134. The minimum absolute atomic E-state index is 0.0181. The van der Waals surface area contributed by atoms with Crippen LogP contribution >= 0.6 is 0 Å². The summed E-state index contributed by atoms with van der Waals surface area (Å²) < 4.78 is 0. The molecular weight excluding hydrogens is 324 g/mol. The van der Waals surface area contributed by atoms with Crippen molar-refractivity contribution in [1.82, 2.24) is 10.2 Å². The van der Waals surface area contributed by atoms with E-state index in [2.05, 4.69) is 17.4 Å². The Morgan fingerprint density at radius 3 is 2.23 bits per heavy atom. The Bertz CT molecular complexity index is 730. The van der Waals surface area contributed by atoms with Gasteiger partial charge in [-0.05, 0) is 30.4 Å². The molecule has 2 unspecified atom stereocenters. The van der Waals surface area contributed by atoms with Gasteiger partial charge in [-0.2, -0.15) is 0 Å². The van der Waals surface area contributed by atoms with Crippen LogP contribution in [0.2, 0.25) is 0 Å². The van der Waals surface area contributed by atoms with Gasteiger partial charge >= 0.3 is 0 Å². The molecule has 1 saturated carbocycles. The summed E-state index contributed by atoms with van der Waals surface area (Å²) in [7, 11) is 1.81. The van der Waals surface area contributed by atoms with Crippen LogP contribution < -0.4 is 5.32 Å². The van der Waals surface area contributed by atoms with E-state index in [0.717, 1.165) is 18.4 Å². The van der Waals surface area contributed by atoms with Crippen molar-refractivity contribution in [1.29, 1.82) is 0 Å². The van der Waals surface area contributed by atoms with Crippen LogP contribution in [0.3, 0.4) is 0 Å². The molecule has 0 bridgehead atoms. The molecule has 0 aliphatic heterocycles. The zero-order chi connectivity index (χ0) is 18.4. The van der Waals surface area contributed by atoms with Crippen LogP contribution in [-0.4, -0.2) is 30.3 Å². The van der Waals surface area contributed by atoms with E-state index in [1.165, 1.54) is 5.56 Å². The Morgan fingerprint density at radius 2 is 1.58 bits per heavy atom. The second kappa shape index (κ2) is 8.65. The molecule has 0 aromatic heterocycles. The zero-order valence-electron chi connectivity index (χ0n) is 15.2. The predicted octanol–water partition coefficient (Wildman–Crippen LogP) is 3.03. The van der Waals surface area contributed by atoms with E-state index in [1.807, 2.05) is 55.6 Å². The normalized spacial score (nSPS) is 18.2. The summed E-state index contributed by atoms with van der Waals surface area (Å²) in [5, 5.41) is 2.98. The summed E-state index contributed by atoms with van der Waals surface area (Å²) in [6, 6.07) is 20.2. The van der Waals surface area contributed by atoms with Crippen LogP contribution in [0.5, 0.6) is 0 Å². The highest BCUT2D eigenvalue weighted by Crippen LogP contribution is 2.40. The lowest BCUT2D eigenvalue weighted by Crippen LogP contribution is -2.31. The first kappa shape index (κ1) is 18.2. The molecule has 1 fully saturated rings. The third-order valence-electron chi connectivity index (χ3n) is 4.87. The van der Waals surface area contributed by atoms with E-state index in [9.17, 15) is 9.59 Å². The Balaban J connectivity index is 1.37. The third kappa shape index (κ3) is 4.94. The van der Waals surface area contributed by atoms with E-state index in [-0.39, 0.29) is 23.7 Å². The highest BCUT2D eigenvalue weighted by Gasteiger charge is 2.48. The second-order valence-electron chi connectivity index (χ2n) is 7.01. The number of benzene rings is 2. The molecule has 0 radical (unpaired) electrons. The number of rotatable bonds is 8. The van der Waals surface area contributed by atoms with Gasteiger partial charge in [0.1, 0.15) is 0 Å². The van der Waals surface area contributed by atoms with Crippen LogP contribution in [-0.2, 0) is 22.6 Å². The maximum absolute atomic E-state index is 12.5. The highest BCUT2D eigenvalue weighted by atomic mass is 16.2. The minimum atomic E-state index is -0.155. The van der Waals surface area contributed by atoms with Crippen LogP contribution in [0.1, 0.15) is 24.0 Å². The number of hydrogen-bond donors (Lipinski definition) is 1. The Morgan fingerprint density at radius 1 is 0.962 bits per heavy atom. The molecule has 0 saturated heterocycles. The number of aryl methyl sites for hydroxylation is 1. The third-order valence-corrected chi connectivity index (χ3v) is 4.87. The van der Waals surface area contributed by atoms with Crippen molar-refractivity contribution in [2.24, 2.45) is 11.8 Å². The molecule has 2 atom stereocenters. The van der Waals surface area contributed by atoms with Gasteiger partial charge in [0, 0.05) is 20.1 Å². The second-order valence-corrected chi connectivity index (χ2v) is 7.01. The van der Waals surface area contributed by atoms with E-state index in [1.54, 1.807) is 4.90 Å². The zero-order valence-corrected chi connectivity index (χ0v) is 15.2. The number of hydrogen-bond acceptors (Lipinski definition) is 2. The van der Waals surface area contributed by atoms with Gasteiger partial charge in [-0.15, -0.1) is 0 Å². The first-order chi connectivity index (χ1) is 12.6. The quantitative estimate of drug-likeness (QED) is 0.744. The van der Waals surface area contributed by atoms with Crippen molar-refractivity contribution in [2.45, 2.75) is 25.8 Å². The average molecular weight is 350 g/mol. The minimum Gasteiger partial charge on any atom is -0.356 e.